The van der Waals surface area contributed by atoms with E-state index in [2.05, 4.69) is 5.10 Å². The second kappa shape index (κ2) is 7.27. The minimum atomic E-state index is -3.75. The average molecular weight is 435 g/mol. The summed E-state index contributed by atoms with van der Waals surface area (Å²) in [5.41, 5.74) is 3.37. The molecule has 0 unspecified atom stereocenters. The van der Waals surface area contributed by atoms with Crippen LogP contribution >= 0.6 is 11.6 Å². The monoisotopic (exact) mass is 434 g/mol. The van der Waals surface area contributed by atoms with Crippen LogP contribution in [0.5, 0.6) is 0 Å². The molecule has 0 bridgehead atoms. The summed E-state index contributed by atoms with van der Waals surface area (Å²) in [5, 5.41) is 4.23. The van der Waals surface area contributed by atoms with Gasteiger partial charge < -0.3 is 4.90 Å². The Bertz CT molecular complexity index is 1090. The summed E-state index contributed by atoms with van der Waals surface area (Å²) >= 11 is 6.18. The fourth-order valence-corrected chi connectivity index (χ4v) is 6.20. The summed E-state index contributed by atoms with van der Waals surface area (Å²) in [6.45, 7) is 5.05. The van der Waals surface area contributed by atoms with Gasteiger partial charge in [-0.15, -0.1) is 0 Å². The summed E-state index contributed by atoms with van der Waals surface area (Å²) in [5.74, 6) is -0.168. The van der Waals surface area contributed by atoms with Crippen molar-refractivity contribution in [2.45, 2.75) is 24.7 Å². The molecule has 0 spiro atoms. The second-order valence-electron chi connectivity index (χ2n) is 7.64. The fraction of sp³-hybridized carbons (Fsp3) is 0.400. The SMILES string of the molecule is Cc1nn(C)c(Cl)c1S(=O)(=O)N1CC2=C(CN(C(=O)[C@H](C)c3ccccc3)C2)C1. The quantitative estimate of drug-likeness (QED) is 0.692. The number of nitrogens with zero attached hydrogens (tertiary/aromatic N) is 4. The van der Waals surface area contributed by atoms with Crippen molar-refractivity contribution in [2.75, 3.05) is 26.2 Å². The molecule has 1 atom stereocenters. The lowest BCUT2D eigenvalue weighted by molar-refractivity contribution is -0.131. The second-order valence-corrected chi connectivity index (χ2v) is 9.87. The lowest BCUT2D eigenvalue weighted by atomic mass is 10.00. The first-order chi connectivity index (χ1) is 13.7. The van der Waals surface area contributed by atoms with E-state index in [4.69, 9.17) is 11.6 Å². The van der Waals surface area contributed by atoms with Gasteiger partial charge >= 0.3 is 0 Å². The van der Waals surface area contributed by atoms with Gasteiger partial charge in [0.2, 0.25) is 15.9 Å². The lowest BCUT2D eigenvalue weighted by Gasteiger charge is -2.25. The van der Waals surface area contributed by atoms with Gasteiger partial charge in [0, 0.05) is 33.2 Å². The number of amides is 1. The van der Waals surface area contributed by atoms with E-state index < -0.39 is 10.0 Å². The molecule has 1 aromatic carbocycles. The van der Waals surface area contributed by atoms with E-state index in [-0.39, 0.29) is 35.0 Å². The first-order valence-electron chi connectivity index (χ1n) is 9.43. The van der Waals surface area contributed by atoms with Gasteiger partial charge in [0.05, 0.1) is 11.6 Å². The number of hydrogen-bond acceptors (Lipinski definition) is 4. The number of halogens is 1. The third-order valence-electron chi connectivity index (χ3n) is 5.68. The highest BCUT2D eigenvalue weighted by Gasteiger charge is 2.40. The molecule has 0 fully saturated rings. The van der Waals surface area contributed by atoms with Crippen molar-refractivity contribution in [3.63, 3.8) is 0 Å². The zero-order valence-electron chi connectivity index (χ0n) is 16.6. The van der Waals surface area contributed by atoms with E-state index in [0.717, 1.165) is 16.7 Å². The van der Waals surface area contributed by atoms with Crippen LogP contribution in [0.1, 0.15) is 24.1 Å². The van der Waals surface area contributed by atoms with Crippen LogP contribution in [-0.2, 0) is 21.9 Å². The molecule has 3 heterocycles. The van der Waals surface area contributed by atoms with E-state index in [0.29, 0.717) is 18.8 Å². The number of carbonyl (C=O) groups excluding carboxylic acids is 1. The molecular weight excluding hydrogens is 412 g/mol. The summed E-state index contributed by atoms with van der Waals surface area (Å²) in [7, 11) is -2.13. The van der Waals surface area contributed by atoms with Gasteiger partial charge in [0.25, 0.3) is 0 Å². The molecule has 2 aliphatic rings. The highest BCUT2D eigenvalue weighted by atomic mass is 35.5. The molecule has 29 heavy (non-hydrogen) atoms. The van der Waals surface area contributed by atoms with Crippen LogP contribution in [0, 0.1) is 6.92 Å². The van der Waals surface area contributed by atoms with Gasteiger partial charge in [0.15, 0.2) is 0 Å². The van der Waals surface area contributed by atoms with Crippen LogP contribution in [0.3, 0.4) is 0 Å². The third kappa shape index (κ3) is 3.39. The van der Waals surface area contributed by atoms with Gasteiger partial charge in [-0.25, -0.2) is 8.42 Å². The average Bonchev–Trinajstić information content (AvgIpc) is 3.33. The summed E-state index contributed by atoms with van der Waals surface area (Å²) in [6, 6.07) is 9.69. The Morgan fingerprint density at radius 2 is 1.69 bits per heavy atom. The van der Waals surface area contributed by atoms with Crippen LogP contribution in [0.25, 0.3) is 0 Å². The number of benzene rings is 1. The lowest BCUT2D eigenvalue weighted by Crippen LogP contribution is -2.38. The zero-order chi connectivity index (χ0) is 20.9. The number of carbonyl (C=O) groups is 1. The molecule has 1 aromatic heterocycles. The number of hydrogen-bond donors (Lipinski definition) is 0. The topological polar surface area (TPSA) is 75.5 Å². The Balaban J connectivity index is 1.46. The van der Waals surface area contributed by atoms with E-state index in [9.17, 15) is 13.2 Å². The molecular formula is C20H23ClN4O3S. The Labute approximate surface area is 175 Å². The minimum Gasteiger partial charge on any atom is -0.334 e. The molecule has 2 aromatic rings. The van der Waals surface area contributed by atoms with Gasteiger partial charge in [0.1, 0.15) is 10.0 Å². The van der Waals surface area contributed by atoms with E-state index >= 15 is 0 Å². The number of aromatic nitrogens is 2. The van der Waals surface area contributed by atoms with Crippen molar-refractivity contribution >= 4 is 27.5 Å². The molecule has 0 saturated carbocycles. The molecule has 0 saturated heterocycles. The Hall–Kier alpha value is -2.16. The molecule has 7 nitrogen and oxygen atoms in total. The summed E-state index contributed by atoms with van der Waals surface area (Å²) < 4.78 is 29.0. The maximum absolute atomic E-state index is 13.1. The standard InChI is InChI=1S/C20H23ClN4O3S/c1-13(15-7-5-4-6-8-15)20(26)24-9-16-11-25(12-17(16)10-24)29(27,28)18-14(2)22-23(3)19(18)21/h4-8,13H,9-12H2,1-3H3/t13-/m1/s1. The molecule has 2 aliphatic heterocycles. The molecule has 1 amide bonds. The Morgan fingerprint density at radius 1 is 1.10 bits per heavy atom. The number of sulfonamides is 1. The third-order valence-corrected chi connectivity index (χ3v) is 8.17. The molecule has 0 N–H and O–H groups in total. The maximum atomic E-state index is 13.1. The first kappa shape index (κ1) is 20.1. The predicted octanol–water partition coefficient (Wildman–Crippen LogP) is 2.33. The largest absolute Gasteiger partial charge is 0.334 e. The maximum Gasteiger partial charge on any atom is 0.248 e. The molecule has 0 radical (unpaired) electrons. The van der Waals surface area contributed by atoms with Crippen molar-refractivity contribution in [3.05, 3.63) is 57.9 Å². The normalized spacial score (nSPS) is 18.4. The molecule has 0 aliphatic carbocycles. The van der Waals surface area contributed by atoms with Gasteiger partial charge in [-0.05, 0) is 30.6 Å². The van der Waals surface area contributed by atoms with Gasteiger partial charge in [-0.3, -0.25) is 9.48 Å². The van der Waals surface area contributed by atoms with Crippen LogP contribution < -0.4 is 0 Å². The number of aryl methyl sites for hydroxylation is 2. The van der Waals surface area contributed by atoms with E-state index in [1.54, 1.807) is 14.0 Å². The molecule has 9 heteroatoms. The number of rotatable bonds is 4. The van der Waals surface area contributed by atoms with Crippen molar-refractivity contribution < 1.29 is 13.2 Å². The van der Waals surface area contributed by atoms with E-state index in [1.807, 2.05) is 42.2 Å². The van der Waals surface area contributed by atoms with Crippen molar-refractivity contribution in [1.82, 2.24) is 19.0 Å². The molecule has 4 rings (SSSR count). The zero-order valence-corrected chi connectivity index (χ0v) is 18.2. The predicted molar refractivity (Wildman–Crippen MR) is 110 cm³/mol. The Morgan fingerprint density at radius 3 is 2.21 bits per heavy atom. The van der Waals surface area contributed by atoms with Crippen LogP contribution in [0.4, 0.5) is 0 Å². The van der Waals surface area contributed by atoms with Crippen LogP contribution in [0.2, 0.25) is 5.15 Å². The van der Waals surface area contributed by atoms with Crippen LogP contribution in [-0.4, -0.2) is 59.5 Å². The summed E-state index contributed by atoms with van der Waals surface area (Å²) in [6.07, 6.45) is 0. The fourth-order valence-electron chi connectivity index (χ4n) is 4.06. The van der Waals surface area contributed by atoms with Crippen molar-refractivity contribution in [2.24, 2.45) is 7.05 Å². The first-order valence-corrected chi connectivity index (χ1v) is 11.2. The summed E-state index contributed by atoms with van der Waals surface area (Å²) in [4.78, 5) is 14.8. The van der Waals surface area contributed by atoms with Crippen molar-refractivity contribution in [3.8, 4) is 0 Å². The van der Waals surface area contributed by atoms with Gasteiger partial charge in [-0.1, -0.05) is 41.9 Å². The Kier molecular flexibility index (Phi) is 5.04. The highest BCUT2D eigenvalue weighted by Crippen LogP contribution is 2.34. The van der Waals surface area contributed by atoms with Crippen molar-refractivity contribution in [1.29, 1.82) is 0 Å². The molecule has 154 valence electrons. The minimum absolute atomic E-state index is 0.0613. The smallest absolute Gasteiger partial charge is 0.248 e. The van der Waals surface area contributed by atoms with E-state index in [1.165, 1.54) is 8.99 Å². The van der Waals surface area contributed by atoms with Crippen LogP contribution in [0.15, 0.2) is 46.4 Å². The highest BCUT2D eigenvalue weighted by molar-refractivity contribution is 7.89. The van der Waals surface area contributed by atoms with Gasteiger partial charge in [-0.2, -0.15) is 9.40 Å².